The van der Waals surface area contributed by atoms with Gasteiger partial charge in [-0.3, -0.25) is 0 Å². The van der Waals surface area contributed by atoms with Crippen LogP contribution in [0.4, 0.5) is 0 Å². The van der Waals surface area contributed by atoms with Crippen LogP contribution in [0.1, 0.15) is 29.0 Å². The third-order valence-corrected chi connectivity index (χ3v) is 11.6. The normalized spacial score (nSPS) is 13.6. The van der Waals surface area contributed by atoms with Crippen LogP contribution in [0.15, 0.2) is 199 Å². The molecular weight excluding hydrogens is 707 g/mol. The number of aryl methyl sites for hydroxylation is 1. The molecule has 0 aliphatic heterocycles. The average molecular weight is 744 g/mol. The Labute approximate surface area is 337 Å². The Bertz CT molecular complexity index is 3120. The molecule has 0 saturated carbocycles. The van der Waals surface area contributed by atoms with E-state index in [2.05, 4.69) is 146 Å². The summed E-state index contributed by atoms with van der Waals surface area (Å²) < 4.78 is 6.55. The van der Waals surface area contributed by atoms with E-state index in [9.17, 15) is 0 Å². The van der Waals surface area contributed by atoms with E-state index >= 15 is 0 Å². The van der Waals surface area contributed by atoms with Gasteiger partial charge in [0.1, 0.15) is 11.2 Å². The number of hydrogen-bond acceptors (Lipinski definition) is 4. The number of nitrogens with zero attached hydrogens (tertiary/aromatic N) is 3. The van der Waals surface area contributed by atoms with E-state index in [1.165, 1.54) is 33.4 Å². The Balaban J connectivity index is 1.07. The smallest absolute Gasteiger partial charge is 0.164 e. The van der Waals surface area contributed by atoms with Crippen molar-refractivity contribution in [3.8, 4) is 67.5 Å². The predicted molar refractivity (Wildman–Crippen MR) is 236 cm³/mol. The molecule has 1 aliphatic rings. The maximum absolute atomic E-state index is 6.55. The molecule has 0 fully saturated rings. The fraction of sp³-hybridized carbons (Fsp3) is 0.0556. The Kier molecular flexibility index (Phi) is 8.32. The van der Waals surface area contributed by atoms with E-state index in [0.717, 1.165) is 68.2 Å². The fourth-order valence-corrected chi connectivity index (χ4v) is 8.76. The zero-order valence-electron chi connectivity index (χ0n) is 31.7. The lowest BCUT2D eigenvalue weighted by Crippen LogP contribution is -2.02. The van der Waals surface area contributed by atoms with Gasteiger partial charge < -0.3 is 4.42 Å². The summed E-state index contributed by atoms with van der Waals surface area (Å²) in [6, 6.07) is 68.6. The van der Waals surface area contributed by atoms with Crippen LogP contribution in [0, 0.1) is 0 Å². The van der Waals surface area contributed by atoms with Gasteiger partial charge in [0.25, 0.3) is 0 Å². The molecule has 2 aromatic heterocycles. The summed E-state index contributed by atoms with van der Waals surface area (Å²) in [6.07, 6.45) is 2.12. The summed E-state index contributed by atoms with van der Waals surface area (Å²) in [5, 5.41) is 2.01. The van der Waals surface area contributed by atoms with E-state index in [0.29, 0.717) is 23.4 Å². The molecule has 1 unspecified atom stereocenters. The lowest BCUT2D eigenvalue weighted by Gasteiger charge is -2.19. The van der Waals surface area contributed by atoms with Crippen LogP contribution >= 0.6 is 0 Å². The molecular formula is C54H37N3O. The molecule has 58 heavy (non-hydrogen) atoms. The number of aromatic nitrogens is 3. The topological polar surface area (TPSA) is 51.8 Å². The van der Waals surface area contributed by atoms with Gasteiger partial charge >= 0.3 is 0 Å². The van der Waals surface area contributed by atoms with Crippen LogP contribution in [0.2, 0.25) is 0 Å². The molecule has 10 aromatic rings. The summed E-state index contributed by atoms with van der Waals surface area (Å²) in [5.74, 6) is 2.16. The van der Waals surface area contributed by atoms with Crippen molar-refractivity contribution in [3.05, 3.63) is 211 Å². The Morgan fingerprint density at radius 1 is 0.397 bits per heavy atom. The largest absolute Gasteiger partial charge is 0.456 e. The minimum Gasteiger partial charge on any atom is -0.456 e. The molecule has 2 heterocycles. The van der Waals surface area contributed by atoms with Crippen molar-refractivity contribution in [1.82, 2.24) is 15.0 Å². The monoisotopic (exact) mass is 743 g/mol. The van der Waals surface area contributed by atoms with Crippen molar-refractivity contribution < 1.29 is 4.42 Å². The second-order valence-electron chi connectivity index (χ2n) is 15.1. The second kappa shape index (κ2) is 14.3. The highest BCUT2D eigenvalue weighted by Gasteiger charge is 2.25. The number of fused-ring (bicyclic) bond motifs is 6. The molecule has 0 saturated heterocycles. The van der Waals surface area contributed by atoms with Gasteiger partial charge in [-0.05, 0) is 93.2 Å². The quantitative estimate of drug-likeness (QED) is 0.170. The van der Waals surface area contributed by atoms with Crippen molar-refractivity contribution in [1.29, 1.82) is 0 Å². The van der Waals surface area contributed by atoms with Gasteiger partial charge in [0, 0.05) is 33.4 Å². The van der Waals surface area contributed by atoms with Gasteiger partial charge in [0.2, 0.25) is 0 Å². The highest BCUT2D eigenvalue weighted by atomic mass is 16.3. The fourth-order valence-electron chi connectivity index (χ4n) is 8.76. The maximum Gasteiger partial charge on any atom is 0.164 e. The van der Waals surface area contributed by atoms with Crippen LogP contribution in [-0.2, 0) is 6.42 Å². The van der Waals surface area contributed by atoms with E-state index in [1.54, 1.807) is 0 Å². The second-order valence-corrected chi connectivity index (χ2v) is 15.1. The summed E-state index contributed by atoms with van der Waals surface area (Å²) in [7, 11) is 0. The number of benzene rings is 8. The minimum absolute atomic E-state index is 0.326. The molecule has 0 bridgehead atoms. The van der Waals surface area contributed by atoms with Crippen LogP contribution in [-0.4, -0.2) is 15.0 Å². The molecule has 0 N–H and O–H groups in total. The first-order valence-electron chi connectivity index (χ1n) is 19.9. The van der Waals surface area contributed by atoms with Gasteiger partial charge in [-0.15, -0.1) is 0 Å². The number of hydrogen-bond donors (Lipinski definition) is 0. The van der Waals surface area contributed by atoms with Crippen molar-refractivity contribution in [3.63, 3.8) is 0 Å². The van der Waals surface area contributed by atoms with E-state index in [4.69, 9.17) is 19.4 Å². The van der Waals surface area contributed by atoms with Gasteiger partial charge in [0.05, 0.1) is 0 Å². The summed E-state index contributed by atoms with van der Waals surface area (Å²) in [6.45, 7) is 0. The first-order chi connectivity index (χ1) is 28.7. The van der Waals surface area contributed by atoms with Crippen LogP contribution in [0.5, 0.6) is 0 Å². The molecule has 8 aromatic carbocycles. The van der Waals surface area contributed by atoms with Crippen molar-refractivity contribution >= 4 is 21.9 Å². The highest BCUT2D eigenvalue weighted by Crippen LogP contribution is 2.44. The van der Waals surface area contributed by atoms with Gasteiger partial charge in [-0.1, -0.05) is 164 Å². The number of furan rings is 1. The maximum atomic E-state index is 6.55. The van der Waals surface area contributed by atoms with Crippen LogP contribution < -0.4 is 0 Å². The average Bonchev–Trinajstić information content (AvgIpc) is 3.60. The van der Waals surface area contributed by atoms with Gasteiger partial charge in [-0.2, -0.15) is 0 Å². The predicted octanol–water partition coefficient (Wildman–Crippen LogP) is 13.9. The van der Waals surface area contributed by atoms with Crippen LogP contribution in [0.3, 0.4) is 0 Å². The third kappa shape index (κ3) is 6.07. The SMILES string of the molecule is c1ccc(-c2cccc(-c3nc(-c4ccccc4)nc(-c4cccc5oc6ccc(-c7ccc8c(c7)-c7ccccc7CCC8c7ccccc7)cc6c45)n3)c2)cc1. The lowest BCUT2D eigenvalue weighted by atomic mass is 9.84. The molecule has 274 valence electrons. The van der Waals surface area contributed by atoms with Crippen molar-refractivity contribution in [2.24, 2.45) is 0 Å². The molecule has 0 radical (unpaired) electrons. The first kappa shape index (κ1) is 33.9. The van der Waals surface area contributed by atoms with E-state index < -0.39 is 0 Å². The van der Waals surface area contributed by atoms with E-state index in [-0.39, 0.29) is 0 Å². The zero-order valence-corrected chi connectivity index (χ0v) is 31.7. The Morgan fingerprint density at radius 2 is 1.00 bits per heavy atom. The molecule has 11 rings (SSSR count). The van der Waals surface area contributed by atoms with Gasteiger partial charge in [0.15, 0.2) is 17.5 Å². The van der Waals surface area contributed by atoms with E-state index in [1.807, 2.05) is 48.5 Å². The zero-order chi connectivity index (χ0) is 38.4. The highest BCUT2D eigenvalue weighted by molar-refractivity contribution is 6.12. The van der Waals surface area contributed by atoms with Crippen molar-refractivity contribution in [2.45, 2.75) is 18.8 Å². The summed E-state index contributed by atoms with van der Waals surface area (Å²) >= 11 is 0. The molecule has 1 atom stereocenters. The molecule has 0 amide bonds. The third-order valence-electron chi connectivity index (χ3n) is 11.6. The molecule has 4 heteroatoms. The van der Waals surface area contributed by atoms with Crippen LogP contribution in [0.25, 0.3) is 89.5 Å². The molecule has 1 aliphatic carbocycles. The van der Waals surface area contributed by atoms with Crippen molar-refractivity contribution in [2.75, 3.05) is 0 Å². The lowest BCUT2D eigenvalue weighted by molar-refractivity contribution is 0.669. The molecule has 4 nitrogen and oxygen atoms in total. The Morgan fingerprint density at radius 3 is 1.83 bits per heavy atom. The molecule has 0 spiro atoms. The minimum atomic E-state index is 0.326. The summed E-state index contributed by atoms with van der Waals surface area (Å²) in [4.78, 5) is 15.4. The summed E-state index contributed by atoms with van der Waals surface area (Å²) in [5.41, 5.74) is 15.7. The Hall–Kier alpha value is -7.43. The standard InChI is InChI=1S/C54H37N3O/c1-4-14-35(15-5-1)39-21-12-22-42(32-39)53-55-52(38-19-8-3-9-20-38)56-54(57-53)46-24-13-25-50-51(46)48-34-41(28-31-49(48)58-50)40-27-30-45-44(36-16-6-2-7-17-36)29-26-37-18-10-11-23-43(37)47(45)33-40/h1-25,27-28,30-34,44H,26,29H2. The van der Waals surface area contributed by atoms with Gasteiger partial charge in [-0.25, -0.2) is 15.0 Å². The number of rotatable bonds is 6. The first-order valence-corrected chi connectivity index (χ1v) is 19.9.